The summed E-state index contributed by atoms with van der Waals surface area (Å²) in [5, 5.41) is 18.3. The first-order chi connectivity index (χ1) is 5.22. The minimum absolute atomic E-state index is 0.398. The Morgan fingerprint density at radius 3 is 1.91 bits per heavy atom. The van der Waals surface area contributed by atoms with Gasteiger partial charge in [-0.3, -0.25) is 4.79 Å². The minimum Gasteiger partial charge on any atom is -0.385 e. The van der Waals surface area contributed by atoms with Crippen molar-refractivity contribution in [2.75, 3.05) is 0 Å². The molecule has 1 rings (SSSR count). The molecule has 1 saturated carbocycles. The Kier molecular flexibility index (Phi) is 3.02. The van der Waals surface area contributed by atoms with Crippen molar-refractivity contribution in [1.29, 1.82) is 0 Å². The van der Waals surface area contributed by atoms with E-state index in [9.17, 15) is 4.79 Å². The van der Waals surface area contributed by atoms with Gasteiger partial charge in [-0.15, -0.1) is 0 Å². The van der Waals surface area contributed by atoms with Crippen molar-refractivity contribution >= 4 is 5.78 Å². The molecule has 1 aliphatic rings. The SMILES string of the molecule is O=C1[C@@H](O)CCCCC[C@@H]1O. The number of carbonyl (C=O) groups is 1. The van der Waals surface area contributed by atoms with Gasteiger partial charge in [-0.1, -0.05) is 19.3 Å². The van der Waals surface area contributed by atoms with Crippen LogP contribution in [0.3, 0.4) is 0 Å². The molecule has 11 heavy (non-hydrogen) atoms. The van der Waals surface area contributed by atoms with E-state index in [4.69, 9.17) is 10.2 Å². The Morgan fingerprint density at radius 2 is 1.45 bits per heavy atom. The summed E-state index contributed by atoms with van der Waals surface area (Å²) in [6.45, 7) is 0. The largest absolute Gasteiger partial charge is 0.385 e. The smallest absolute Gasteiger partial charge is 0.189 e. The summed E-state index contributed by atoms with van der Waals surface area (Å²) in [6, 6.07) is 0. The van der Waals surface area contributed by atoms with Crippen molar-refractivity contribution in [3.05, 3.63) is 0 Å². The first-order valence-electron chi connectivity index (χ1n) is 4.11. The molecule has 0 amide bonds. The first-order valence-corrected chi connectivity index (χ1v) is 4.11. The zero-order chi connectivity index (χ0) is 8.27. The second-order valence-electron chi connectivity index (χ2n) is 3.07. The van der Waals surface area contributed by atoms with Gasteiger partial charge in [-0.2, -0.15) is 0 Å². The number of rotatable bonds is 0. The Hall–Kier alpha value is -0.410. The third-order valence-electron chi connectivity index (χ3n) is 2.11. The molecule has 0 aromatic heterocycles. The molecule has 3 heteroatoms. The molecular weight excluding hydrogens is 144 g/mol. The van der Waals surface area contributed by atoms with Crippen LogP contribution < -0.4 is 0 Å². The van der Waals surface area contributed by atoms with E-state index in [1.165, 1.54) is 0 Å². The van der Waals surface area contributed by atoms with Crippen LogP contribution in [0.15, 0.2) is 0 Å². The quantitative estimate of drug-likeness (QED) is 0.531. The van der Waals surface area contributed by atoms with Gasteiger partial charge in [0.2, 0.25) is 0 Å². The predicted molar refractivity (Wildman–Crippen MR) is 40.1 cm³/mol. The summed E-state index contributed by atoms with van der Waals surface area (Å²) in [5.74, 6) is -0.398. The second-order valence-corrected chi connectivity index (χ2v) is 3.07. The van der Waals surface area contributed by atoms with Gasteiger partial charge >= 0.3 is 0 Å². The molecule has 0 aromatic carbocycles. The number of hydrogen-bond donors (Lipinski definition) is 2. The van der Waals surface area contributed by atoms with E-state index in [0.29, 0.717) is 12.8 Å². The number of hydrogen-bond acceptors (Lipinski definition) is 3. The molecule has 0 aromatic rings. The maximum absolute atomic E-state index is 11.0. The third-order valence-corrected chi connectivity index (χ3v) is 2.11. The molecule has 0 unspecified atom stereocenters. The highest BCUT2D eigenvalue weighted by Gasteiger charge is 2.24. The summed E-state index contributed by atoms with van der Waals surface area (Å²) in [7, 11) is 0. The topological polar surface area (TPSA) is 57.5 Å². The fraction of sp³-hybridized carbons (Fsp3) is 0.875. The van der Waals surface area contributed by atoms with E-state index in [-0.39, 0.29) is 0 Å². The lowest BCUT2D eigenvalue weighted by molar-refractivity contribution is -0.136. The van der Waals surface area contributed by atoms with Crippen molar-refractivity contribution in [2.24, 2.45) is 0 Å². The zero-order valence-electron chi connectivity index (χ0n) is 6.49. The Bertz CT molecular complexity index is 130. The Balaban J connectivity index is 2.49. The van der Waals surface area contributed by atoms with Gasteiger partial charge in [0.1, 0.15) is 12.2 Å². The summed E-state index contributed by atoms with van der Waals surface area (Å²) in [5.41, 5.74) is 0. The normalized spacial score (nSPS) is 34.5. The molecule has 3 nitrogen and oxygen atoms in total. The molecule has 0 bridgehead atoms. The highest BCUT2D eigenvalue weighted by atomic mass is 16.3. The van der Waals surface area contributed by atoms with Crippen LogP contribution in [0.25, 0.3) is 0 Å². The summed E-state index contributed by atoms with van der Waals surface area (Å²) < 4.78 is 0. The molecule has 64 valence electrons. The highest BCUT2D eigenvalue weighted by molar-refractivity contribution is 5.86. The lowest BCUT2D eigenvalue weighted by Gasteiger charge is -2.17. The molecule has 2 atom stereocenters. The molecule has 2 N–H and O–H groups in total. The monoisotopic (exact) mass is 158 g/mol. The van der Waals surface area contributed by atoms with Gasteiger partial charge in [0, 0.05) is 0 Å². The Labute approximate surface area is 66.0 Å². The molecule has 0 heterocycles. The van der Waals surface area contributed by atoms with Crippen LogP contribution >= 0.6 is 0 Å². The van der Waals surface area contributed by atoms with E-state index in [1.807, 2.05) is 0 Å². The van der Waals surface area contributed by atoms with E-state index in [0.717, 1.165) is 19.3 Å². The summed E-state index contributed by atoms with van der Waals surface area (Å²) in [6.07, 6.45) is 1.95. The predicted octanol–water partition coefficient (Wildman–Crippen LogP) is 0.241. The minimum atomic E-state index is -0.926. The summed E-state index contributed by atoms with van der Waals surface area (Å²) in [4.78, 5) is 11.0. The first kappa shape index (κ1) is 8.68. The third kappa shape index (κ3) is 2.27. The highest BCUT2D eigenvalue weighted by Crippen LogP contribution is 2.14. The van der Waals surface area contributed by atoms with Crippen LogP contribution in [0.4, 0.5) is 0 Å². The van der Waals surface area contributed by atoms with Crippen molar-refractivity contribution in [2.45, 2.75) is 44.3 Å². The van der Waals surface area contributed by atoms with Crippen molar-refractivity contribution in [1.82, 2.24) is 0 Å². The second kappa shape index (κ2) is 3.83. The number of ketones is 1. The van der Waals surface area contributed by atoms with E-state index in [2.05, 4.69) is 0 Å². The number of Topliss-reactive ketones (excluding diaryl/α,β-unsaturated/α-hetero) is 1. The van der Waals surface area contributed by atoms with Gasteiger partial charge in [0.25, 0.3) is 0 Å². The zero-order valence-corrected chi connectivity index (χ0v) is 6.49. The van der Waals surface area contributed by atoms with Crippen molar-refractivity contribution < 1.29 is 15.0 Å². The van der Waals surface area contributed by atoms with E-state index < -0.39 is 18.0 Å². The van der Waals surface area contributed by atoms with Gasteiger partial charge < -0.3 is 10.2 Å². The number of aliphatic hydroxyl groups excluding tert-OH is 2. The fourth-order valence-corrected chi connectivity index (χ4v) is 1.36. The number of carbonyl (C=O) groups excluding carboxylic acids is 1. The maximum atomic E-state index is 11.0. The maximum Gasteiger partial charge on any atom is 0.189 e. The molecule has 0 spiro atoms. The molecule has 0 saturated heterocycles. The van der Waals surface area contributed by atoms with Crippen LogP contribution in [0.5, 0.6) is 0 Å². The van der Waals surface area contributed by atoms with E-state index >= 15 is 0 Å². The lowest BCUT2D eigenvalue weighted by Crippen LogP contribution is -2.33. The van der Waals surface area contributed by atoms with E-state index in [1.54, 1.807) is 0 Å². The molecular formula is C8H14O3. The molecule has 0 radical (unpaired) electrons. The van der Waals surface area contributed by atoms with Crippen LogP contribution in [0.2, 0.25) is 0 Å². The van der Waals surface area contributed by atoms with Crippen molar-refractivity contribution in [3.63, 3.8) is 0 Å². The van der Waals surface area contributed by atoms with Gasteiger partial charge in [-0.25, -0.2) is 0 Å². The van der Waals surface area contributed by atoms with Crippen LogP contribution in [-0.4, -0.2) is 28.2 Å². The number of aliphatic hydroxyl groups is 2. The molecule has 1 aliphatic carbocycles. The Morgan fingerprint density at radius 1 is 1.00 bits per heavy atom. The molecule has 0 aliphatic heterocycles. The average molecular weight is 158 g/mol. The standard InChI is InChI=1S/C8H14O3/c9-6-4-2-1-3-5-7(10)8(6)11/h6-7,9-10H,1-5H2/t6-,7-/m0/s1. The summed E-state index contributed by atoms with van der Waals surface area (Å²) >= 11 is 0. The van der Waals surface area contributed by atoms with Gasteiger partial charge in [0.15, 0.2) is 5.78 Å². The molecule has 1 fully saturated rings. The van der Waals surface area contributed by atoms with Crippen LogP contribution in [-0.2, 0) is 4.79 Å². The van der Waals surface area contributed by atoms with Crippen LogP contribution in [0, 0.1) is 0 Å². The van der Waals surface area contributed by atoms with Gasteiger partial charge in [-0.05, 0) is 12.8 Å². The fourth-order valence-electron chi connectivity index (χ4n) is 1.36. The van der Waals surface area contributed by atoms with Crippen LogP contribution in [0.1, 0.15) is 32.1 Å². The lowest BCUT2D eigenvalue weighted by atomic mass is 9.95. The van der Waals surface area contributed by atoms with Crippen molar-refractivity contribution in [3.8, 4) is 0 Å². The van der Waals surface area contributed by atoms with Gasteiger partial charge in [0.05, 0.1) is 0 Å². The average Bonchev–Trinajstić information content (AvgIpc) is 2.00.